The van der Waals surface area contributed by atoms with Gasteiger partial charge in [-0.05, 0) is 25.0 Å². The molecule has 0 amide bonds. The Morgan fingerprint density at radius 1 is 1.33 bits per heavy atom. The fraction of sp³-hybridized carbons (Fsp3) is 0.364. The van der Waals surface area contributed by atoms with Crippen LogP contribution < -0.4 is 4.90 Å². The highest BCUT2D eigenvalue weighted by atomic mass is 35.5. The Morgan fingerprint density at radius 3 is 2.60 bits per heavy atom. The van der Waals surface area contributed by atoms with E-state index in [0.29, 0.717) is 12.0 Å². The van der Waals surface area contributed by atoms with E-state index in [1.807, 2.05) is 4.90 Å². The summed E-state index contributed by atoms with van der Waals surface area (Å²) in [6.45, 7) is 1.71. The zero-order valence-electron chi connectivity index (χ0n) is 8.17. The number of benzene rings is 1. The smallest absolute Gasteiger partial charge is 0.165 e. The maximum Gasteiger partial charge on any atom is 0.165 e. The molecule has 0 atom stereocenters. The molecule has 1 saturated heterocycles. The minimum atomic E-state index is -0.483. The van der Waals surface area contributed by atoms with Crippen LogP contribution in [0.4, 0.5) is 10.1 Å². The van der Waals surface area contributed by atoms with Crippen LogP contribution in [0, 0.1) is 5.82 Å². The molecule has 2 nitrogen and oxygen atoms in total. The van der Waals surface area contributed by atoms with Gasteiger partial charge in [-0.25, -0.2) is 4.39 Å². The van der Waals surface area contributed by atoms with Gasteiger partial charge in [0.05, 0.1) is 10.7 Å². The molecule has 0 aliphatic carbocycles. The largest absolute Gasteiger partial charge is 0.369 e. The molecular weight excluding hydrogens is 217 g/mol. The van der Waals surface area contributed by atoms with Crippen molar-refractivity contribution in [2.24, 2.45) is 0 Å². The molecule has 1 fully saturated rings. The molecule has 0 saturated carbocycles. The van der Waals surface area contributed by atoms with Crippen molar-refractivity contribution in [2.75, 3.05) is 18.0 Å². The van der Waals surface area contributed by atoms with Gasteiger partial charge in [-0.3, -0.25) is 4.79 Å². The summed E-state index contributed by atoms with van der Waals surface area (Å²) in [5.74, 6) is -0.483. The number of hydrogen-bond donors (Lipinski definition) is 0. The van der Waals surface area contributed by atoms with Gasteiger partial charge in [-0.2, -0.15) is 0 Å². The number of halogens is 2. The first-order valence-corrected chi connectivity index (χ1v) is 5.30. The molecule has 0 radical (unpaired) electrons. The van der Waals surface area contributed by atoms with E-state index < -0.39 is 5.82 Å². The number of carbonyl (C=O) groups excluding carboxylic acids is 1. The Hall–Kier alpha value is -1.09. The van der Waals surface area contributed by atoms with Crippen LogP contribution in [0.3, 0.4) is 0 Å². The molecule has 1 aliphatic heterocycles. The van der Waals surface area contributed by atoms with E-state index in [1.165, 1.54) is 0 Å². The summed E-state index contributed by atoms with van der Waals surface area (Å²) < 4.78 is 13.8. The summed E-state index contributed by atoms with van der Waals surface area (Å²) >= 11 is 5.74. The highest BCUT2D eigenvalue weighted by Crippen LogP contribution is 2.30. The minimum absolute atomic E-state index is 0.0746. The molecule has 1 aliphatic rings. The van der Waals surface area contributed by atoms with Crippen molar-refractivity contribution in [1.82, 2.24) is 0 Å². The maximum atomic E-state index is 13.8. The van der Waals surface area contributed by atoms with E-state index in [9.17, 15) is 9.18 Å². The van der Waals surface area contributed by atoms with Crippen LogP contribution >= 0.6 is 11.6 Å². The Labute approximate surface area is 92.6 Å². The highest BCUT2D eigenvalue weighted by Gasteiger charge is 2.19. The lowest BCUT2D eigenvalue weighted by Crippen LogP contribution is -2.19. The molecule has 0 spiro atoms. The second-order valence-electron chi connectivity index (χ2n) is 3.61. The first kappa shape index (κ1) is 10.4. The number of anilines is 1. The van der Waals surface area contributed by atoms with Gasteiger partial charge in [0, 0.05) is 18.7 Å². The van der Waals surface area contributed by atoms with Crippen molar-refractivity contribution < 1.29 is 9.18 Å². The van der Waals surface area contributed by atoms with Crippen LogP contribution in [0.5, 0.6) is 0 Å². The number of nitrogens with zero attached hydrogens (tertiary/aromatic N) is 1. The van der Waals surface area contributed by atoms with Crippen LogP contribution in [-0.4, -0.2) is 19.4 Å². The van der Waals surface area contributed by atoms with E-state index in [2.05, 4.69) is 0 Å². The van der Waals surface area contributed by atoms with Gasteiger partial charge < -0.3 is 4.90 Å². The average Bonchev–Trinajstić information content (AvgIpc) is 2.75. The predicted molar refractivity (Wildman–Crippen MR) is 58.2 cm³/mol. The molecule has 80 valence electrons. The number of carbonyl (C=O) groups is 1. The van der Waals surface area contributed by atoms with Crippen molar-refractivity contribution in [2.45, 2.75) is 12.8 Å². The topological polar surface area (TPSA) is 20.3 Å². The lowest BCUT2D eigenvalue weighted by Gasteiger charge is -2.19. The number of rotatable bonds is 2. The summed E-state index contributed by atoms with van der Waals surface area (Å²) in [6, 6.07) is 3.18. The van der Waals surface area contributed by atoms with Crippen LogP contribution in [0.15, 0.2) is 12.1 Å². The summed E-state index contributed by atoms with van der Waals surface area (Å²) in [6.07, 6.45) is 2.72. The number of hydrogen-bond acceptors (Lipinski definition) is 2. The highest BCUT2D eigenvalue weighted by molar-refractivity contribution is 6.33. The predicted octanol–water partition coefficient (Wildman–Crippen LogP) is 2.89. The second-order valence-corrected chi connectivity index (χ2v) is 3.99. The summed E-state index contributed by atoms with van der Waals surface area (Å²) in [5.41, 5.74) is 0.709. The van der Waals surface area contributed by atoms with E-state index in [0.717, 1.165) is 25.9 Å². The third-order valence-corrected chi connectivity index (χ3v) is 3.05. The van der Waals surface area contributed by atoms with Gasteiger partial charge in [0.15, 0.2) is 12.1 Å². The minimum Gasteiger partial charge on any atom is -0.369 e. The van der Waals surface area contributed by atoms with Gasteiger partial charge in [0.25, 0.3) is 0 Å². The van der Waals surface area contributed by atoms with Crippen molar-refractivity contribution in [3.63, 3.8) is 0 Å². The zero-order chi connectivity index (χ0) is 10.8. The Kier molecular flexibility index (Phi) is 2.91. The SMILES string of the molecule is O=Cc1ccc(N2CCCC2)c(F)c1Cl. The summed E-state index contributed by atoms with van der Waals surface area (Å²) in [5, 5.41) is -0.0746. The second kappa shape index (κ2) is 4.19. The van der Waals surface area contributed by atoms with E-state index in [-0.39, 0.29) is 10.6 Å². The molecule has 15 heavy (non-hydrogen) atoms. The standard InChI is InChI=1S/C11H11ClFNO/c12-10-8(7-15)3-4-9(11(10)13)14-5-1-2-6-14/h3-4,7H,1-2,5-6H2. The third kappa shape index (κ3) is 1.84. The Balaban J connectivity index is 2.40. The zero-order valence-corrected chi connectivity index (χ0v) is 8.93. The van der Waals surface area contributed by atoms with Gasteiger partial charge >= 0.3 is 0 Å². The molecule has 0 unspecified atom stereocenters. The van der Waals surface area contributed by atoms with Gasteiger partial charge in [0.1, 0.15) is 0 Å². The van der Waals surface area contributed by atoms with E-state index >= 15 is 0 Å². The molecular formula is C11H11ClFNO. The fourth-order valence-electron chi connectivity index (χ4n) is 1.85. The molecule has 1 heterocycles. The van der Waals surface area contributed by atoms with Gasteiger partial charge in [-0.15, -0.1) is 0 Å². The maximum absolute atomic E-state index is 13.8. The van der Waals surface area contributed by atoms with Gasteiger partial charge in [0.2, 0.25) is 0 Å². The quantitative estimate of drug-likeness (QED) is 0.724. The summed E-state index contributed by atoms with van der Waals surface area (Å²) in [4.78, 5) is 12.5. The molecule has 2 rings (SSSR count). The molecule has 1 aromatic carbocycles. The monoisotopic (exact) mass is 227 g/mol. The van der Waals surface area contributed by atoms with E-state index in [1.54, 1.807) is 12.1 Å². The number of aldehydes is 1. The average molecular weight is 228 g/mol. The molecule has 1 aromatic rings. The molecule has 4 heteroatoms. The van der Waals surface area contributed by atoms with Crippen molar-refractivity contribution in [3.8, 4) is 0 Å². The normalized spacial score (nSPS) is 15.7. The summed E-state index contributed by atoms with van der Waals surface area (Å²) in [7, 11) is 0. The van der Waals surface area contributed by atoms with Crippen molar-refractivity contribution in [1.29, 1.82) is 0 Å². The van der Waals surface area contributed by atoms with Crippen molar-refractivity contribution >= 4 is 23.6 Å². The molecule has 0 N–H and O–H groups in total. The fourth-order valence-corrected chi connectivity index (χ4v) is 2.05. The van der Waals surface area contributed by atoms with Crippen LogP contribution in [0.25, 0.3) is 0 Å². The first-order chi connectivity index (χ1) is 7.24. The lowest BCUT2D eigenvalue weighted by molar-refractivity contribution is 0.112. The first-order valence-electron chi connectivity index (χ1n) is 4.92. The van der Waals surface area contributed by atoms with E-state index in [4.69, 9.17) is 11.6 Å². The Morgan fingerprint density at radius 2 is 2.00 bits per heavy atom. The molecule has 0 aromatic heterocycles. The van der Waals surface area contributed by atoms with Crippen LogP contribution in [0.1, 0.15) is 23.2 Å². The van der Waals surface area contributed by atoms with Crippen LogP contribution in [-0.2, 0) is 0 Å². The third-order valence-electron chi connectivity index (χ3n) is 2.67. The van der Waals surface area contributed by atoms with Gasteiger partial charge in [-0.1, -0.05) is 11.6 Å². The lowest BCUT2D eigenvalue weighted by atomic mass is 10.2. The van der Waals surface area contributed by atoms with Crippen LogP contribution in [0.2, 0.25) is 5.02 Å². The molecule has 0 bridgehead atoms. The van der Waals surface area contributed by atoms with Crippen molar-refractivity contribution in [3.05, 3.63) is 28.5 Å². The Bertz CT molecular complexity index is 388.